The van der Waals surface area contributed by atoms with Crippen LogP contribution in [0.1, 0.15) is 18.2 Å². The van der Waals surface area contributed by atoms with Gasteiger partial charge >= 0.3 is 0 Å². The Morgan fingerprint density at radius 2 is 1.96 bits per heavy atom. The molecule has 2 heterocycles. The molecule has 2 N–H and O–H groups in total. The molecule has 2 aromatic rings. The minimum absolute atomic E-state index is 0. The van der Waals surface area contributed by atoms with Crippen LogP contribution in [0.15, 0.2) is 41.4 Å². The maximum Gasteiger partial charge on any atom is 0.231 e. The van der Waals surface area contributed by atoms with Gasteiger partial charge in [0.1, 0.15) is 5.82 Å². The number of nitrogens with one attached hydrogen (secondary N) is 2. The van der Waals surface area contributed by atoms with Crippen molar-refractivity contribution in [1.82, 2.24) is 15.6 Å². The third-order valence-electron chi connectivity index (χ3n) is 4.14. The topological polar surface area (TPSA) is 71.0 Å². The average molecular weight is 497 g/mol. The van der Waals surface area contributed by atoms with Crippen molar-refractivity contribution in [3.05, 3.63) is 47.7 Å². The molecule has 0 amide bonds. The van der Waals surface area contributed by atoms with E-state index in [0.717, 1.165) is 48.5 Å². The molecular weight excluding hydrogens is 469 g/mol. The van der Waals surface area contributed by atoms with Crippen molar-refractivity contribution in [2.45, 2.75) is 19.9 Å². The molecule has 1 aromatic carbocycles. The van der Waals surface area contributed by atoms with Crippen LogP contribution in [0, 0.1) is 0 Å². The molecule has 1 aromatic heterocycles. The lowest BCUT2D eigenvalue weighted by molar-refractivity contribution is 0.174. The monoisotopic (exact) mass is 497 g/mol. The molecule has 0 bridgehead atoms. The summed E-state index contributed by atoms with van der Waals surface area (Å²) in [6.45, 7) is 4.47. The summed E-state index contributed by atoms with van der Waals surface area (Å²) in [5, 5.41) is 6.65. The van der Waals surface area contributed by atoms with E-state index in [4.69, 9.17) is 9.47 Å². The van der Waals surface area contributed by atoms with E-state index in [0.29, 0.717) is 13.3 Å². The first-order valence-electron chi connectivity index (χ1n) is 9.19. The van der Waals surface area contributed by atoms with Crippen LogP contribution in [0.2, 0.25) is 0 Å². The summed E-state index contributed by atoms with van der Waals surface area (Å²) in [4.78, 5) is 11.2. The van der Waals surface area contributed by atoms with Crippen molar-refractivity contribution in [1.29, 1.82) is 0 Å². The Morgan fingerprint density at radius 1 is 1.14 bits per heavy atom. The van der Waals surface area contributed by atoms with Crippen LogP contribution in [0.3, 0.4) is 0 Å². The van der Waals surface area contributed by atoms with Crippen molar-refractivity contribution < 1.29 is 9.47 Å². The number of guanidine groups is 1. The molecule has 28 heavy (non-hydrogen) atoms. The lowest BCUT2D eigenvalue weighted by atomic mass is 10.1. The van der Waals surface area contributed by atoms with Gasteiger partial charge in [0.15, 0.2) is 17.5 Å². The Bertz CT molecular complexity index is 798. The Labute approximate surface area is 183 Å². The average Bonchev–Trinajstić information content (AvgIpc) is 3.14. The number of anilines is 1. The quantitative estimate of drug-likeness (QED) is 0.349. The lowest BCUT2D eigenvalue weighted by Gasteiger charge is -2.13. The number of hydrogen-bond donors (Lipinski definition) is 2. The van der Waals surface area contributed by atoms with Gasteiger partial charge in [-0.15, -0.1) is 24.0 Å². The highest BCUT2D eigenvalue weighted by atomic mass is 127. The Hall–Kier alpha value is -2.23. The number of benzene rings is 1. The van der Waals surface area contributed by atoms with E-state index in [-0.39, 0.29) is 24.0 Å². The second-order valence-corrected chi connectivity index (χ2v) is 6.44. The van der Waals surface area contributed by atoms with E-state index < -0.39 is 0 Å². The molecule has 0 saturated carbocycles. The second-order valence-electron chi connectivity index (χ2n) is 6.44. The molecule has 0 radical (unpaired) electrons. The zero-order chi connectivity index (χ0) is 19.1. The van der Waals surface area contributed by atoms with Gasteiger partial charge in [0, 0.05) is 27.2 Å². The molecule has 8 heteroatoms. The van der Waals surface area contributed by atoms with E-state index in [1.54, 1.807) is 0 Å². The van der Waals surface area contributed by atoms with Gasteiger partial charge < -0.3 is 25.0 Å². The largest absolute Gasteiger partial charge is 0.454 e. The number of aromatic nitrogens is 1. The van der Waals surface area contributed by atoms with Gasteiger partial charge in [-0.2, -0.15) is 0 Å². The molecule has 0 fully saturated rings. The maximum absolute atomic E-state index is 5.43. The highest BCUT2D eigenvalue weighted by Crippen LogP contribution is 2.32. The van der Waals surface area contributed by atoms with Crippen LogP contribution in [-0.2, 0) is 13.0 Å². The molecule has 1 aliphatic heterocycles. The fourth-order valence-electron chi connectivity index (χ4n) is 2.73. The van der Waals surface area contributed by atoms with E-state index in [9.17, 15) is 0 Å². The van der Waals surface area contributed by atoms with E-state index in [1.165, 1.54) is 5.56 Å². The zero-order valence-electron chi connectivity index (χ0n) is 16.6. The first kappa shape index (κ1) is 22.1. The number of halogens is 1. The molecule has 0 unspecified atom stereocenters. The summed E-state index contributed by atoms with van der Waals surface area (Å²) in [6, 6.07) is 12.0. The summed E-state index contributed by atoms with van der Waals surface area (Å²) in [5.74, 6) is 3.35. The van der Waals surface area contributed by atoms with Crippen LogP contribution in [-0.4, -0.2) is 44.9 Å². The number of nitrogens with zero attached hydrogens (tertiary/aromatic N) is 3. The third-order valence-corrected chi connectivity index (χ3v) is 4.14. The fraction of sp³-hybridized carbons (Fsp3) is 0.400. The maximum atomic E-state index is 5.43. The smallest absolute Gasteiger partial charge is 0.231 e. The number of pyridine rings is 1. The van der Waals surface area contributed by atoms with Crippen LogP contribution in [0.5, 0.6) is 11.5 Å². The summed E-state index contributed by atoms with van der Waals surface area (Å²) < 4.78 is 10.8. The van der Waals surface area contributed by atoms with Crippen molar-refractivity contribution in [2.75, 3.05) is 38.9 Å². The van der Waals surface area contributed by atoms with Gasteiger partial charge in [0.2, 0.25) is 6.79 Å². The molecular formula is C20H28IN5O2. The predicted octanol–water partition coefficient (Wildman–Crippen LogP) is 2.79. The number of hydrogen-bond acceptors (Lipinski definition) is 5. The van der Waals surface area contributed by atoms with E-state index in [1.807, 2.05) is 49.3 Å². The number of ether oxygens (including phenoxy) is 2. The first-order valence-corrected chi connectivity index (χ1v) is 9.19. The Balaban J connectivity index is 0.00000280. The van der Waals surface area contributed by atoms with Gasteiger partial charge in [-0.1, -0.05) is 12.1 Å². The van der Waals surface area contributed by atoms with Crippen LogP contribution in [0.4, 0.5) is 5.82 Å². The van der Waals surface area contributed by atoms with Crippen LogP contribution in [0.25, 0.3) is 0 Å². The third kappa shape index (κ3) is 6.15. The highest BCUT2D eigenvalue weighted by Gasteiger charge is 2.12. The number of rotatable bonds is 7. The molecule has 0 saturated heterocycles. The fourth-order valence-corrected chi connectivity index (χ4v) is 2.73. The lowest BCUT2D eigenvalue weighted by Crippen LogP contribution is -2.38. The van der Waals surface area contributed by atoms with E-state index in [2.05, 4.69) is 33.6 Å². The van der Waals surface area contributed by atoms with Crippen LogP contribution >= 0.6 is 24.0 Å². The zero-order valence-corrected chi connectivity index (χ0v) is 18.9. The summed E-state index contributed by atoms with van der Waals surface area (Å²) >= 11 is 0. The van der Waals surface area contributed by atoms with Crippen LogP contribution < -0.4 is 25.0 Å². The summed E-state index contributed by atoms with van der Waals surface area (Å²) in [7, 11) is 3.97. The van der Waals surface area contributed by atoms with Gasteiger partial charge in [-0.25, -0.2) is 9.98 Å². The molecule has 7 nitrogen and oxygen atoms in total. The summed E-state index contributed by atoms with van der Waals surface area (Å²) in [5.41, 5.74) is 2.14. The molecule has 0 spiro atoms. The highest BCUT2D eigenvalue weighted by molar-refractivity contribution is 14.0. The Morgan fingerprint density at radius 3 is 2.75 bits per heavy atom. The van der Waals surface area contributed by atoms with Crippen molar-refractivity contribution in [3.63, 3.8) is 0 Å². The van der Waals surface area contributed by atoms with E-state index >= 15 is 0 Å². The van der Waals surface area contributed by atoms with Gasteiger partial charge in [-0.05, 0) is 43.2 Å². The van der Waals surface area contributed by atoms with Gasteiger partial charge in [0.05, 0.1) is 12.2 Å². The van der Waals surface area contributed by atoms with Crippen molar-refractivity contribution in [3.8, 4) is 11.5 Å². The van der Waals surface area contributed by atoms with Gasteiger partial charge in [0.25, 0.3) is 0 Å². The minimum atomic E-state index is 0. The van der Waals surface area contributed by atoms with Gasteiger partial charge in [-0.3, -0.25) is 0 Å². The molecule has 3 rings (SSSR count). The number of fused-ring (bicyclic) bond motifs is 1. The van der Waals surface area contributed by atoms with Crippen molar-refractivity contribution in [2.24, 2.45) is 4.99 Å². The SMILES string of the molecule is CCNC(=NCc1cccc(N(C)C)n1)NCCc1ccc2c(c1)OCO2.I. The number of aliphatic imine (C=N–C) groups is 1. The second kappa shape index (κ2) is 10.9. The molecule has 1 aliphatic rings. The van der Waals surface area contributed by atoms with Crippen molar-refractivity contribution >= 4 is 35.8 Å². The predicted molar refractivity (Wildman–Crippen MR) is 123 cm³/mol. The Kier molecular flexibility index (Phi) is 8.62. The molecule has 152 valence electrons. The molecule has 0 aliphatic carbocycles. The molecule has 0 atom stereocenters. The first-order chi connectivity index (χ1) is 13.2. The minimum Gasteiger partial charge on any atom is -0.454 e. The summed E-state index contributed by atoms with van der Waals surface area (Å²) in [6.07, 6.45) is 0.870. The normalized spacial score (nSPS) is 12.3. The standard InChI is InChI=1S/C20H27N5O2.HI/c1-4-21-20(23-13-16-6-5-7-19(24-16)25(2)3)22-11-10-15-8-9-17-18(12-15)27-14-26-17;/h5-9,12H,4,10-11,13-14H2,1-3H3,(H2,21,22,23);1H.